The molecule has 4 rings (SSSR count). The van der Waals surface area contributed by atoms with Crippen molar-refractivity contribution in [2.75, 3.05) is 31.1 Å². The summed E-state index contributed by atoms with van der Waals surface area (Å²) >= 11 is 3.41. The van der Waals surface area contributed by atoms with Gasteiger partial charge in [-0.1, -0.05) is 0 Å². The zero-order valence-electron chi connectivity index (χ0n) is 13.6. The van der Waals surface area contributed by atoms with E-state index in [9.17, 15) is 9.59 Å². The fourth-order valence-corrected chi connectivity index (χ4v) is 3.33. The standard InChI is InChI=1S/C17H18BrN5O2/c18-11-9-13-15(20-10-11)14(3-4-19-13)22-5-7-23(8-6-22)17(25)16(24)21-12-1-2-12/h3-4,9-10,12H,1-2,5-8H2,(H,21,24). The summed E-state index contributed by atoms with van der Waals surface area (Å²) < 4.78 is 0.891. The predicted molar refractivity (Wildman–Crippen MR) is 97.2 cm³/mol. The highest BCUT2D eigenvalue weighted by Crippen LogP contribution is 2.26. The largest absolute Gasteiger partial charge is 0.366 e. The number of carbonyl (C=O) groups is 2. The molecule has 1 saturated carbocycles. The molecule has 7 nitrogen and oxygen atoms in total. The average molecular weight is 404 g/mol. The minimum Gasteiger partial charge on any atom is -0.366 e. The summed E-state index contributed by atoms with van der Waals surface area (Å²) in [5.41, 5.74) is 2.68. The van der Waals surface area contributed by atoms with E-state index in [-0.39, 0.29) is 6.04 Å². The summed E-state index contributed by atoms with van der Waals surface area (Å²) in [5.74, 6) is -0.898. The summed E-state index contributed by atoms with van der Waals surface area (Å²) in [7, 11) is 0. The van der Waals surface area contributed by atoms with E-state index < -0.39 is 11.8 Å². The Labute approximate surface area is 153 Å². The number of fused-ring (bicyclic) bond motifs is 1. The van der Waals surface area contributed by atoms with E-state index in [4.69, 9.17) is 0 Å². The third-order valence-electron chi connectivity index (χ3n) is 4.54. The molecule has 2 amide bonds. The maximum Gasteiger partial charge on any atom is 0.312 e. The van der Waals surface area contributed by atoms with Crippen LogP contribution in [0.15, 0.2) is 29.0 Å². The van der Waals surface area contributed by atoms with Crippen LogP contribution in [0.4, 0.5) is 5.69 Å². The zero-order chi connectivity index (χ0) is 17.4. The molecule has 1 aliphatic carbocycles. The molecule has 0 radical (unpaired) electrons. The highest BCUT2D eigenvalue weighted by atomic mass is 79.9. The van der Waals surface area contributed by atoms with Crippen LogP contribution in [0.2, 0.25) is 0 Å². The van der Waals surface area contributed by atoms with Crippen LogP contribution in [0.1, 0.15) is 12.8 Å². The molecule has 2 fully saturated rings. The number of nitrogens with one attached hydrogen (secondary N) is 1. The third kappa shape index (κ3) is 3.44. The fraction of sp³-hybridized carbons (Fsp3) is 0.412. The predicted octanol–water partition coefficient (Wildman–Crippen LogP) is 1.32. The molecule has 2 aromatic heterocycles. The van der Waals surface area contributed by atoms with Crippen LogP contribution in [0, 0.1) is 0 Å². The van der Waals surface area contributed by atoms with E-state index >= 15 is 0 Å². The van der Waals surface area contributed by atoms with Gasteiger partial charge in [0.25, 0.3) is 0 Å². The van der Waals surface area contributed by atoms with Gasteiger partial charge in [0.15, 0.2) is 0 Å². The molecule has 2 aromatic rings. The van der Waals surface area contributed by atoms with Crippen molar-refractivity contribution < 1.29 is 9.59 Å². The van der Waals surface area contributed by atoms with Gasteiger partial charge in [-0.05, 0) is 40.9 Å². The molecule has 130 valence electrons. The molecule has 2 aliphatic rings. The van der Waals surface area contributed by atoms with Crippen LogP contribution in [0.5, 0.6) is 0 Å². The second kappa shape index (κ2) is 6.59. The van der Waals surface area contributed by atoms with Gasteiger partial charge in [0.2, 0.25) is 0 Å². The van der Waals surface area contributed by atoms with Gasteiger partial charge in [-0.25, -0.2) is 0 Å². The molecule has 0 unspecified atom stereocenters. The van der Waals surface area contributed by atoms with Gasteiger partial charge >= 0.3 is 11.8 Å². The minimum atomic E-state index is -0.475. The minimum absolute atomic E-state index is 0.200. The van der Waals surface area contributed by atoms with E-state index in [0.29, 0.717) is 26.2 Å². The topological polar surface area (TPSA) is 78.4 Å². The number of piperazine rings is 1. The Morgan fingerprint density at radius 1 is 1.16 bits per heavy atom. The lowest BCUT2D eigenvalue weighted by Crippen LogP contribution is -2.53. The van der Waals surface area contributed by atoms with Gasteiger partial charge in [-0.3, -0.25) is 19.6 Å². The summed E-state index contributed by atoms with van der Waals surface area (Å²) in [4.78, 5) is 36.8. The first kappa shape index (κ1) is 16.3. The van der Waals surface area contributed by atoms with E-state index in [1.165, 1.54) is 0 Å². The Balaban J connectivity index is 1.45. The molecule has 8 heteroatoms. The first-order valence-electron chi connectivity index (χ1n) is 8.37. The van der Waals surface area contributed by atoms with Gasteiger partial charge in [-0.15, -0.1) is 0 Å². The van der Waals surface area contributed by atoms with Crippen LogP contribution >= 0.6 is 15.9 Å². The van der Waals surface area contributed by atoms with Crippen LogP contribution in [0.3, 0.4) is 0 Å². The third-order valence-corrected chi connectivity index (χ3v) is 4.97. The molecular weight excluding hydrogens is 386 g/mol. The second-order valence-corrected chi connectivity index (χ2v) is 7.29. The van der Waals surface area contributed by atoms with Crippen molar-refractivity contribution in [3.8, 4) is 0 Å². The van der Waals surface area contributed by atoms with Gasteiger partial charge in [-0.2, -0.15) is 0 Å². The highest BCUT2D eigenvalue weighted by molar-refractivity contribution is 9.10. The van der Waals surface area contributed by atoms with E-state index in [1.807, 2.05) is 12.1 Å². The smallest absolute Gasteiger partial charge is 0.312 e. The van der Waals surface area contributed by atoms with Crippen molar-refractivity contribution >= 4 is 44.5 Å². The Morgan fingerprint density at radius 2 is 1.92 bits per heavy atom. The Morgan fingerprint density at radius 3 is 2.64 bits per heavy atom. The summed E-state index contributed by atoms with van der Waals surface area (Å²) in [6.45, 7) is 2.38. The number of amides is 2. The van der Waals surface area contributed by atoms with Crippen LogP contribution in [0.25, 0.3) is 11.0 Å². The number of hydrogen-bond acceptors (Lipinski definition) is 5. The van der Waals surface area contributed by atoms with Crippen molar-refractivity contribution in [1.82, 2.24) is 20.2 Å². The van der Waals surface area contributed by atoms with Gasteiger partial charge in [0, 0.05) is 49.1 Å². The molecule has 25 heavy (non-hydrogen) atoms. The number of anilines is 1. The quantitative estimate of drug-likeness (QED) is 0.764. The van der Waals surface area contributed by atoms with Gasteiger partial charge in [0.05, 0.1) is 11.2 Å². The van der Waals surface area contributed by atoms with Crippen molar-refractivity contribution in [2.45, 2.75) is 18.9 Å². The number of halogens is 1. The van der Waals surface area contributed by atoms with Crippen LogP contribution in [-0.4, -0.2) is 58.9 Å². The molecule has 0 spiro atoms. The molecule has 0 aromatic carbocycles. The van der Waals surface area contributed by atoms with Crippen molar-refractivity contribution in [3.63, 3.8) is 0 Å². The number of nitrogens with zero attached hydrogens (tertiary/aromatic N) is 4. The molecule has 3 heterocycles. The number of hydrogen-bond donors (Lipinski definition) is 1. The van der Waals surface area contributed by atoms with E-state index in [0.717, 1.165) is 34.0 Å². The van der Waals surface area contributed by atoms with Gasteiger partial charge in [0.1, 0.15) is 5.52 Å². The van der Waals surface area contributed by atoms with E-state index in [2.05, 4.69) is 36.1 Å². The van der Waals surface area contributed by atoms with Gasteiger partial charge < -0.3 is 15.1 Å². The number of aromatic nitrogens is 2. The number of pyridine rings is 2. The van der Waals surface area contributed by atoms with Crippen molar-refractivity contribution in [1.29, 1.82) is 0 Å². The maximum atomic E-state index is 12.2. The SMILES string of the molecule is O=C(NC1CC1)C(=O)N1CCN(c2ccnc3cc(Br)cnc23)CC1. The van der Waals surface area contributed by atoms with Crippen molar-refractivity contribution in [2.24, 2.45) is 0 Å². The average Bonchev–Trinajstić information content (AvgIpc) is 3.44. The lowest BCUT2D eigenvalue weighted by Gasteiger charge is -2.35. The monoisotopic (exact) mass is 403 g/mol. The Hall–Kier alpha value is -2.22. The second-order valence-electron chi connectivity index (χ2n) is 6.38. The number of carbonyl (C=O) groups excluding carboxylic acids is 2. The molecule has 0 atom stereocenters. The summed E-state index contributed by atoms with van der Waals surface area (Å²) in [5, 5.41) is 2.76. The lowest BCUT2D eigenvalue weighted by atomic mass is 10.2. The highest BCUT2D eigenvalue weighted by Gasteiger charge is 2.31. The summed E-state index contributed by atoms with van der Waals surface area (Å²) in [6.07, 6.45) is 5.48. The normalized spacial score (nSPS) is 17.6. The number of rotatable bonds is 2. The van der Waals surface area contributed by atoms with Crippen LogP contribution in [-0.2, 0) is 9.59 Å². The van der Waals surface area contributed by atoms with Crippen molar-refractivity contribution in [3.05, 3.63) is 29.0 Å². The maximum absolute atomic E-state index is 12.2. The zero-order valence-corrected chi connectivity index (χ0v) is 15.2. The fourth-order valence-electron chi connectivity index (χ4n) is 3.02. The Bertz CT molecular complexity index is 831. The molecular formula is C17H18BrN5O2. The Kier molecular flexibility index (Phi) is 4.29. The van der Waals surface area contributed by atoms with E-state index in [1.54, 1.807) is 17.3 Å². The lowest BCUT2D eigenvalue weighted by molar-refractivity contribution is -0.146. The first-order valence-corrected chi connectivity index (χ1v) is 9.16. The molecule has 1 aliphatic heterocycles. The van der Waals surface area contributed by atoms with Crippen LogP contribution < -0.4 is 10.2 Å². The molecule has 1 saturated heterocycles. The summed E-state index contributed by atoms with van der Waals surface area (Å²) in [6, 6.07) is 4.08. The molecule has 1 N–H and O–H groups in total. The first-order chi connectivity index (χ1) is 12.1. The molecule has 0 bridgehead atoms.